The van der Waals surface area contributed by atoms with Crippen LogP contribution in [0, 0.1) is 23.4 Å². The summed E-state index contributed by atoms with van der Waals surface area (Å²) in [6, 6.07) is 11.7. The highest BCUT2D eigenvalue weighted by Gasteiger charge is 2.35. The van der Waals surface area contributed by atoms with Gasteiger partial charge in [0.25, 0.3) is 0 Å². The number of carbonyl (C=O) groups excluding carboxylic acids is 2. The van der Waals surface area contributed by atoms with Crippen LogP contribution in [0.4, 0.5) is 18.9 Å². The summed E-state index contributed by atoms with van der Waals surface area (Å²) in [5.74, 6) is -3.83. The van der Waals surface area contributed by atoms with Crippen molar-refractivity contribution >= 4 is 40.2 Å². The lowest BCUT2D eigenvalue weighted by Crippen LogP contribution is -2.34. The van der Waals surface area contributed by atoms with Gasteiger partial charge in [-0.3, -0.25) is 4.79 Å². The average molecular weight is 600 g/mol. The van der Waals surface area contributed by atoms with Crippen LogP contribution in [0.15, 0.2) is 54.6 Å². The van der Waals surface area contributed by atoms with E-state index in [0.29, 0.717) is 29.3 Å². The number of hydrogen-bond acceptors (Lipinski definition) is 5. The maximum absolute atomic E-state index is 15.2. The van der Waals surface area contributed by atoms with Crippen LogP contribution in [0.5, 0.6) is 5.75 Å². The molecule has 3 aromatic carbocycles. The zero-order valence-corrected chi connectivity index (χ0v) is 23.8. The van der Waals surface area contributed by atoms with E-state index in [1.165, 1.54) is 26.2 Å². The van der Waals surface area contributed by atoms with Gasteiger partial charge in [0.2, 0.25) is 5.91 Å². The minimum atomic E-state index is -1.07. The second-order valence-corrected chi connectivity index (χ2v) is 10.8. The molecule has 11 heteroatoms. The highest BCUT2D eigenvalue weighted by atomic mass is 35.5. The van der Waals surface area contributed by atoms with Gasteiger partial charge >= 0.3 is 5.97 Å². The zero-order valence-electron chi connectivity index (χ0n) is 23.0. The normalized spacial score (nSPS) is 15.3. The van der Waals surface area contributed by atoms with Gasteiger partial charge in [-0.2, -0.15) is 0 Å². The molecular formula is C31H29ClF3N3O4. The highest BCUT2D eigenvalue weighted by molar-refractivity contribution is 6.30. The number of anilines is 1. The molecule has 1 fully saturated rings. The van der Waals surface area contributed by atoms with E-state index in [2.05, 4.69) is 15.0 Å². The summed E-state index contributed by atoms with van der Waals surface area (Å²) in [4.78, 5) is 30.4. The predicted molar refractivity (Wildman–Crippen MR) is 153 cm³/mol. The van der Waals surface area contributed by atoms with Gasteiger partial charge in [-0.25, -0.2) is 22.9 Å². The molecule has 2 unspecified atom stereocenters. The van der Waals surface area contributed by atoms with Gasteiger partial charge in [-0.15, -0.1) is 0 Å². The number of aromatic nitrogens is 2. The summed E-state index contributed by atoms with van der Waals surface area (Å²) in [6.07, 6.45) is 3.25. The first-order valence-corrected chi connectivity index (χ1v) is 14.0. The molecule has 1 aliphatic carbocycles. The summed E-state index contributed by atoms with van der Waals surface area (Å²) in [5, 5.41) is 3.18. The molecule has 1 N–H and O–H groups in total. The Balaban J connectivity index is 1.57. The lowest BCUT2D eigenvalue weighted by molar-refractivity contribution is -0.147. The second-order valence-electron chi connectivity index (χ2n) is 10.3. The summed E-state index contributed by atoms with van der Waals surface area (Å²) in [5.41, 5.74) is 0.913. The first kappa shape index (κ1) is 29.4. The van der Waals surface area contributed by atoms with Crippen molar-refractivity contribution in [3.05, 3.63) is 77.1 Å². The number of ether oxygens (including phenoxy) is 2. The Morgan fingerprint density at radius 1 is 0.976 bits per heavy atom. The van der Waals surface area contributed by atoms with Gasteiger partial charge in [0, 0.05) is 28.8 Å². The molecule has 1 saturated carbocycles. The number of amides is 1. The second kappa shape index (κ2) is 12.4. The monoisotopic (exact) mass is 599 g/mol. The molecule has 0 aliphatic heterocycles. The SMILES string of the molecule is COC(=O)C(C)Oc1ccc(NC(=O)C(C2CCCCC2)n2c(-c3ccc(Cl)cc3)nc3cc(F)c(F)cc32)c(F)c1. The third kappa shape index (κ3) is 6.09. The van der Waals surface area contributed by atoms with E-state index < -0.39 is 41.5 Å². The van der Waals surface area contributed by atoms with Crippen LogP contribution in [-0.2, 0) is 14.3 Å². The number of nitrogens with one attached hydrogen (secondary N) is 1. The largest absolute Gasteiger partial charge is 0.479 e. The fourth-order valence-electron chi connectivity index (χ4n) is 5.46. The van der Waals surface area contributed by atoms with Crippen LogP contribution in [-0.4, -0.2) is 34.6 Å². The molecule has 0 saturated heterocycles. The maximum atomic E-state index is 15.2. The van der Waals surface area contributed by atoms with Gasteiger partial charge in [0.1, 0.15) is 23.4 Å². The summed E-state index contributed by atoms with van der Waals surface area (Å²) >= 11 is 6.10. The molecule has 7 nitrogen and oxygen atoms in total. The number of benzene rings is 3. The molecule has 0 bridgehead atoms. The molecule has 2 atom stereocenters. The van der Waals surface area contributed by atoms with Gasteiger partial charge in [-0.1, -0.05) is 30.9 Å². The number of esters is 1. The lowest BCUT2D eigenvalue weighted by Gasteiger charge is -2.32. The Morgan fingerprint density at radius 3 is 2.33 bits per heavy atom. The molecule has 4 aromatic rings. The molecule has 1 aliphatic rings. The number of carbonyl (C=O) groups is 2. The molecular weight excluding hydrogens is 571 g/mol. The summed E-state index contributed by atoms with van der Waals surface area (Å²) in [6.45, 7) is 1.47. The molecule has 0 spiro atoms. The van der Waals surface area contributed by atoms with Gasteiger partial charge in [0.05, 0.1) is 23.8 Å². The van der Waals surface area contributed by atoms with Crippen LogP contribution >= 0.6 is 11.6 Å². The molecule has 1 aromatic heterocycles. The van der Waals surface area contributed by atoms with E-state index in [0.717, 1.165) is 37.5 Å². The number of halogens is 4. The number of imidazole rings is 1. The predicted octanol–water partition coefficient (Wildman–Crippen LogP) is 7.47. The maximum Gasteiger partial charge on any atom is 0.346 e. The minimum Gasteiger partial charge on any atom is -0.479 e. The zero-order chi connectivity index (χ0) is 30.0. The van der Waals surface area contributed by atoms with Crippen LogP contribution in [0.25, 0.3) is 22.4 Å². The summed E-state index contributed by atoms with van der Waals surface area (Å²) < 4.78 is 55.7. The van der Waals surface area contributed by atoms with Crippen LogP contribution in [0.1, 0.15) is 45.1 Å². The minimum absolute atomic E-state index is 0.0790. The van der Waals surface area contributed by atoms with E-state index in [9.17, 15) is 18.4 Å². The molecule has 42 heavy (non-hydrogen) atoms. The topological polar surface area (TPSA) is 82.5 Å². The summed E-state index contributed by atoms with van der Waals surface area (Å²) in [7, 11) is 1.22. The van der Waals surface area contributed by atoms with E-state index >= 15 is 4.39 Å². The first-order valence-electron chi connectivity index (χ1n) is 13.6. The van der Waals surface area contributed by atoms with Crippen molar-refractivity contribution in [3.8, 4) is 17.1 Å². The first-order chi connectivity index (χ1) is 20.2. The standard InChI is InChI=1S/C31H29ClF3N3O4/c1-17(31(40)41-2)42-21-12-13-25(24(35)14-21)37-30(39)28(18-6-4-3-5-7-18)38-27-16-23(34)22(33)15-26(27)36-29(38)19-8-10-20(32)11-9-19/h8-18,28H,3-7H2,1-2H3,(H,37,39). The lowest BCUT2D eigenvalue weighted by atomic mass is 9.83. The smallest absolute Gasteiger partial charge is 0.346 e. The number of hydrogen-bond donors (Lipinski definition) is 1. The van der Waals surface area contributed by atoms with Gasteiger partial charge in [-0.05, 0) is 62.1 Å². The van der Waals surface area contributed by atoms with Crippen LogP contribution < -0.4 is 10.1 Å². The Bertz CT molecular complexity index is 1620. The Kier molecular flexibility index (Phi) is 8.72. The fourth-order valence-corrected chi connectivity index (χ4v) is 5.59. The Hall–Kier alpha value is -4.05. The molecule has 220 valence electrons. The van der Waals surface area contributed by atoms with Crippen molar-refractivity contribution in [1.82, 2.24) is 9.55 Å². The van der Waals surface area contributed by atoms with Crippen LogP contribution in [0.2, 0.25) is 5.02 Å². The Labute approximate surface area is 245 Å². The fraction of sp³-hybridized carbons (Fsp3) is 0.323. The molecule has 1 amide bonds. The van der Waals surface area contributed by atoms with Crippen molar-refractivity contribution < 1.29 is 32.2 Å². The van der Waals surface area contributed by atoms with Crippen molar-refractivity contribution in [1.29, 1.82) is 0 Å². The van der Waals surface area contributed by atoms with E-state index in [4.69, 9.17) is 16.3 Å². The van der Waals surface area contributed by atoms with E-state index in [-0.39, 0.29) is 28.4 Å². The van der Waals surface area contributed by atoms with Crippen LogP contribution in [0.3, 0.4) is 0 Å². The van der Waals surface area contributed by atoms with Crippen molar-refractivity contribution in [2.24, 2.45) is 5.92 Å². The van der Waals surface area contributed by atoms with E-state index in [1.54, 1.807) is 28.8 Å². The molecule has 5 rings (SSSR count). The third-order valence-corrected chi connectivity index (χ3v) is 7.77. The Morgan fingerprint density at radius 2 is 1.67 bits per heavy atom. The van der Waals surface area contributed by atoms with Crippen molar-refractivity contribution in [2.45, 2.75) is 51.2 Å². The van der Waals surface area contributed by atoms with Gasteiger partial charge < -0.3 is 19.4 Å². The van der Waals surface area contributed by atoms with E-state index in [1.807, 2.05) is 0 Å². The number of nitrogens with zero attached hydrogens (tertiary/aromatic N) is 2. The van der Waals surface area contributed by atoms with Gasteiger partial charge in [0.15, 0.2) is 17.7 Å². The van der Waals surface area contributed by atoms with Crippen molar-refractivity contribution in [3.63, 3.8) is 0 Å². The average Bonchev–Trinajstić information content (AvgIpc) is 3.32. The quantitative estimate of drug-likeness (QED) is 0.212. The van der Waals surface area contributed by atoms with Crippen molar-refractivity contribution in [2.75, 3.05) is 12.4 Å². The highest BCUT2D eigenvalue weighted by Crippen LogP contribution is 2.39. The molecule has 1 heterocycles. The third-order valence-electron chi connectivity index (χ3n) is 7.52. The molecule has 0 radical (unpaired) electrons. The number of fused-ring (bicyclic) bond motifs is 1. The number of methoxy groups -OCH3 is 1. The number of rotatable bonds is 8.